The lowest BCUT2D eigenvalue weighted by molar-refractivity contribution is -0.125. The van der Waals surface area contributed by atoms with Crippen LogP contribution in [0, 0.1) is 0 Å². The van der Waals surface area contributed by atoms with Gasteiger partial charge in [0, 0.05) is 31.9 Å². The Balaban J connectivity index is 1.71. The van der Waals surface area contributed by atoms with Crippen LogP contribution in [-0.4, -0.2) is 66.8 Å². The zero-order valence-corrected chi connectivity index (χ0v) is 15.3. The molecule has 3 rings (SSSR count). The molecule has 0 aromatic heterocycles. The predicted molar refractivity (Wildman–Crippen MR) is 98.1 cm³/mol. The average Bonchev–Trinajstić information content (AvgIpc) is 2.58. The summed E-state index contributed by atoms with van der Waals surface area (Å²) in [6.07, 6.45) is 0.0183. The number of carbonyl (C=O) groups is 2. The maximum absolute atomic E-state index is 12.5. The highest BCUT2D eigenvalue weighted by Gasteiger charge is 2.30. The fourth-order valence-corrected chi connectivity index (χ4v) is 3.00. The van der Waals surface area contributed by atoms with Gasteiger partial charge >= 0.3 is 0 Å². The smallest absolute Gasteiger partial charge is 0.249 e. The number of nitrogens with zero attached hydrogens (tertiary/aromatic N) is 3. The minimum atomic E-state index is -0.766. The normalized spacial score (nSPS) is 21.6. The summed E-state index contributed by atoms with van der Waals surface area (Å²) in [4.78, 5) is 33.1. The number of hydrogen-bond acceptors (Lipinski definition) is 5. The quantitative estimate of drug-likeness (QED) is 0.809. The summed E-state index contributed by atoms with van der Waals surface area (Å²) < 4.78 is 0. The second kappa shape index (κ2) is 7.59. The number of rotatable bonds is 2. The highest BCUT2D eigenvalue weighted by molar-refractivity contribution is 6.42. The van der Waals surface area contributed by atoms with Gasteiger partial charge in [-0.3, -0.25) is 14.9 Å². The van der Waals surface area contributed by atoms with Crippen molar-refractivity contribution in [3.63, 3.8) is 0 Å². The number of benzene rings is 1. The molecule has 1 fully saturated rings. The van der Waals surface area contributed by atoms with Crippen LogP contribution in [0.1, 0.15) is 6.42 Å². The lowest BCUT2D eigenvalue weighted by Crippen LogP contribution is -2.55. The van der Waals surface area contributed by atoms with Crippen molar-refractivity contribution >= 4 is 46.7 Å². The van der Waals surface area contributed by atoms with E-state index in [1.54, 1.807) is 18.2 Å². The molecule has 9 heteroatoms. The Kier molecular flexibility index (Phi) is 5.46. The Morgan fingerprint density at radius 2 is 1.96 bits per heavy atom. The predicted octanol–water partition coefficient (Wildman–Crippen LogP) is 1.42. The van der Waals surface area contributed by atoms with Crippen LogP contribution in [0.2, 0.25) is 10.0 Å². The maximum Gasteiger partial charge on any atom is 0.249 e. The first-order valence-electron chi connectivity index (χ1n) is 7.99. The van der Waals surface area contributed by atoms with E-state index >= 15 is 0 Å². The molecule has 1 aromatic carbocycles. The van der Waals surface area contributed by atoms with Gasteiger partial charge in [-0.05, 0) is 25.2 Å². The lowest BCUT2D eigenvalue weighted by Gasteiger charge is -2.36. The molecule has 0 unspecified atom stereocenters. The third-order valence-electron chi connectivity index (χ3n) is 4.20. The van der Waals surface area contributed by atoms with E-state index in [0.717, 1.165) is 26.2 Å². The van der Waals surface area contributed by atoms with Crippen LogP contribution >= 0.6 is 23.2 Å². The number of aliphatic imine (C=N–C) groups is 1. The van der Waals surface area contributed by atoms with Crippen molar-refractivity contribution in [3.05, 3.63) is 28.2 Å². The molecule has 2 aliphatic rings. The molecule has 0 aliphatic carbocycles. The molecular formula is C16H19Cl2N5O2. The molecule has 0 saturated carbocycles. The van der Waals surface area contributed by atoms with Crippen molar-refractivity contribution < 1.29 is 9.59 Å². The number of anilines is 1. The van der Waals surface area contributed by atoms with Gasteiger partial charge in [0.15, 0.2) is 0 Å². The van der Waals surface area contributed by atoms with E-state index in [4.69, 9.17) is 23.2 Å². The molecule has 0 bridgehead atoms. The molecule has 2 heterocycles. The van der Waals surface area contributed by atoms with Crippen molar-refractivity contribution in [2.45, 2.75) is 12.5 Å². The molecule has 0 radical (unpaired) electrons. The van der Waals surface area contributed by atoms with Crippen LogP contribution in [0.15, 0.2) is 23.2 Å². The first-order valence-corrected chi connectivity index (χ1v) is 8.75. The number of halogens is 2. The third-order valence-corrected chi connectivity index (χ3v) is 4.94. The molecule has 7 nitrogen and oxygen atoms in total. The minimum absolute atomic E-state index is 0.0183. The van der Waals surface area contributed by atoms with Crippen LogP contribution in [0.4, 0.5) is 5.69 Å². The second-order valence-corrected chi connectivity index (χ2v) is 6.94. The zero-order chi connectivity index (χ0) is 18.0. The summed E-state index contributed by atoms with van der Waals surface area (Å²) in [6, 6.07) is 4.06. The zero-order valence-electron chi connectivity index (χ0n) is 13.8. The van der Waals surface area contributed by atoms with Crippen molar-refractivity contribution in [2.24, 2.45) is 4.99 Å². The molecule has 134 valence electrons. The van der Waals surface area contributed by atoms with Gasteiger partial charge in [-0.1, -0.05) is 23.2 Å². The monoisotopic (exact) mass is 383 g/mol. The van der Waals surface area contributed by atoms with Gasteiger partial charge in [-0.2, -0.15) is 0 Å². The number of likely N-dealkylation sites (N-methyl/N-ethyl adjacent to an activating group) is 1. The molecule has 2 N–H and O–H groups in total. The largest absolute Gasteiger partial charge is 0.340 e. The Hall–Kier alpha value is -1.83. The van der Waals surface area contributed by atoms with Crippen molar-refractivity contribution in [1.82, 2.24) is 15.1 Å². The van der Waals surface area contributed by atoms with E-state index in [-0.39, 0.29) is 18.2 Å². The molecule has 25 heavy (non-hydrogen) atoms. The van der Waals surface area contributed by atoms with Crippen LogP contribution in [0.5, 0.6) is 0 Å². The highest BCUT2D eigenvalue weighted by Crippen LogP contribution is 2.25. The summed E-state index contributed by atoms with van der Waals surface area (Å²) in [5, 5.41) is 6.26. The van der Waals surface area contributed by atoms with E-state index < -0.39 is 6.04 Å². The van der Waals surface area contributed by atoms with Gasteiger partial charge in [0.2, 0.25) is 17.8 Å². The topological polar surface area (TPSA) is 77.0 Å². The Morgan fingerprint density at radius 1 is 1.24 bits per heavy atom. The fourth-order valence-electron chi connectivity index (χ4n) is 2.71. The van der Waals surface area contributed by atoms with E-state index in [2.05, 4.69) is 20.5 Å². The van der Waals surface area contributed by atoms with Crippen LogP contribution < -0.4 is 10.6 Å². The summed E-state index contributed by atoms with van der Waals surface area (Å²) in [5.74, 6) is -0.0864. The Labute approximate surface area is 156 Å². The van der Waals surface area contributed by atoms with Gasteiger partial charge in [0.1, 0.15) is 6.04 Å². The number of piperazine rings is 1. The van der Waals surface area contributed by atoms with Crippen LogP contribution in [-0.2, 0) is 9.59 Å². The van der Waals surface area contributed by atoms with Gasteiger partial charge < -0.3 is 15.1 Å². The van der Waals surface area contributed by atoms with Gasteiger partial charge in [-0.25, -0.2) is 4.99 Å². The van der Waals surface area contributed by atoms with E-state index in [1.807, 2.05) is 11.9 Å². The summed E-state index contributed by atoms with van der Waals surface area (Å²) in [5.41, 5.74) is 0.515. The first-order chi connectivity index (χ1) is 11.9. The van der Waals surface area contributed by atoms with Gasteiger partial charge in [0.05, 0.1) is 16.5 Å². The second-order valence-electron chi connectivity index (χ2n) is 6.13. The number of carbonyl (C=O) groups excluding carboxylic acids is 2. The van der Waals surface area contributed by atoms with Gasteiger partial charge in [0.25, 0.3) is 0 Å². The Bertz CT molecular complexity index is 716. The highest BCUT2D eigenvalue weighted by atomic mass is 35.5. The summed E-state index contributed by atoms with van der Waals surface area (Å²) in [6.45, 7) is 3.29. The van der Waals surface area contributed by atoms with E-state index in [9.17, 15) is 9.59 Å². The molecule has 2 aliphatic heterocycles. The first kappa shape index (κ1) is 18.0. The van der Waals surface area contributed by atoms with E-state index in [0.29, 0.717) is 21.7 Å². The van der Waals surface area contributed by atoms with Crippen molar-refractivity contribution in [3.8, 4) is 0 Å². The van der Waals surface area contributed by atoms with Crippen molar-refractivity contribution in [1.29, 1.82) is 0 Å². The standard InChI is InChI=1S/C16H19Cl2N5O2/c1-22-4-6-23(7-5-22)16-20-13(9-14(24)21-16)15(25)19-10-2-3-11(17)12(18)8-10/h2-3,8,13H,4-7,9H2,1H3,(H,19,25)(H,20,21,24)/t13-/m1/s1. The SMILES string of the molecule is CN1CCN(C2=N[C@@H](C(=O)Nc3ccc(Cl)c(Cl)c3)CC(=O)N2)CC1. The fraction of sp³-hybridized carbons (Fsp3) is 0.438. The summed E-state index contributed by atoms with van der Waals surface area (Å²) in [7, 11) is 2.05. The molecule has 2 amide bonds. The molecular weight excluding hydrogens is 365 g/mol. The molecule has 1 saturated heterocycles. The minimum Gasteiger partial charge on any atom is -0.340 e. The average molecular weight is 384 g/mol. The molecule has 1 atom stereocenters. The van der Waals surface area contributed by atoms with Crippen LogP contribution in [0.25, 0.3) is 0 Å². The number of nitrogens with one attached hydrogen (secondary N) is 2. The third kappa shape index (κ3) is 4.42. The lowest BCUT2D eigenvalue weighted by atomic mass is 10.1. The molecule has 0 spiro atoms. The number of hydrogen-bond donors (Lipinski definition) is 2. The maximum atomic E-state index is 12.5. The van der Waals surface area contributed by atoms with E-state index in [1.165, 1.54) is 0 Å². The number of amides is 2. The van der Waals surface area contributed by atoms with Gasteiger partial charge in [-0.15, -0.1) is 0 Å². The number of guanidine groups is 1. The molecule has 1 aromatic rings. The Morgan fingerprint density at radius 3 is 2.64 bits per heavy atom. The van der Waals surface area contributed by atoms with Crippen LogP contribution in [0.3, 0.4) is 0 Å². The summed E-state index contributed by atoms with van der Waals surface area (Å²) >= 11 is 11.8. The van der Waals surface area contributed by atoms with Crippen molar-refractivity contribution in [2.75, 3.05) is 38.5 Å².